The first-order valence-electron chi connectivity index (χ1n) is 7.64. The van der Waals surface area contributed by atoms with Crippen LogP contribution < -0.4 is 10.6 Å². The second kappa shape index (κ2) is 7.99. The van der Waals surface area contributed by atoms with Crippen molar-refractivity contribution >= 4 is 12.0 Å². The molecule has 7 heteroatoms. The van der Waals surface area contributed by atoms with Crippen LogP contribution in [0.15, 0.2) is 0 Å². The number of carbonyl (C=O) groups excluding carboxylic acids is 1. The van der Waals surface area contributed by atoms with Crippen LogP contribution in [0.4, 0.5) is 4.79 Å². The van der Waals surface area contributed by atoms with E-state index in [1.54, 1.807) is 0 Å². The molecule has 0 unspecified atom stereocenters. The summed E-state index contributed by atoms with van der Waals surface area (Å²) in [5.74, 6) is -0.823. The van der Waals surface area contributed by atoms with Crippen molar-refractivity contribution in [1.29, 1.82) is 5.26 Å². The third kappa shape index (κ3) is 5.90. The lowest BCUT2D eigenvalue weighted by molar-refractivity contribution is -0.139. The molecule has 1 aliphatic rings. The highest BCUT2D eigenvalue weighted by atomic mass is 16.4. The lowest BCUT2D eigenvalue weighted by Crippen LogP contribution is -2.56. The molecule has 1 aliphatic carbocycles. The molecule has 0 atom stereocenters. The van der Waals surface area contributed by atoms with Gasteiger partial charge in [-0.2, -0.15) is 5.26 Å². The number of hydrogen-bond donors (Lipinski definition) is 3. The number of aliphatic carboxylic acids is 1. The minimum Gasteiger partial charge on any atom is -0.480 e. The van der Waals surface area contributed by atoms with Crippen LogP contribution in [-0.4, -0.2) is 53.7 Å². The van der Waals surface area contributed by atoms with Crippen LogP contribution in [0, 0.1) is 16.7 Å². The summed E-state index contributed by atoms with van der Waals surface area (Å²) in [6.07, 6.45) is 1.94. The maximum absolute atomic E-state index is 11.8. The molecule has 1 rings (SSSR count). The van der Waals surface area contributed by atoms with Crippen molar-refractivity contribution in [1.82, 2.24) is 15.5 Å². The third-order valence-electron chi connectivity index (χ3n) is 3.99. The van der Waals surface area contributed by atoms with Crippen molar-refractivity contribution in [3.05, 3.63) is 0 Å². The summed E-state index contributed by atoms with van der Waals surface area (Å²) in [5.41, 5.74) is -0.241. The van der Waals surface area contributed by atoms with Crippen LogP contribution in [0.1, 0.15) is 40.0 Å². The first-order chi connectivity index (χ1) is 10.3. The van der Waals surface area contributed by atoms with Crippen molar-refractivity contribution in [3.63, 3.8) is 0 Å². The summed E-state index contributed by atoms with van der Waals surface area (Å²) in [6.45, 7) is 6.98. The van der Waals surface area contributed by atoms with E-state index in [0.717, 1.165) is 12.8 Å². The normalized spacial score (nSPS) is 20.9. The van der Waals surface area contributed by atoms with Gasteiger partial charge in [0.2, 0.25) is 0 Å². The van der Waals surface area contributed by atoms with Gasteiger partial charge in [-0.15, -0.1) is 0 Å². The van der Waals surface area contributed by atoms with Gasteiger partial charge in [-0.1, -0.05) is 20.8 Å². The Balaban J connectivity index is 2.26. The number of likely N-dealkylation sites (N-methyl/N-ethyl adjacent to an activating group) is 1. The maximum Gasteiger partial charge on any atom is 0.317 e. The van der Waals surface area contributed by atoms with Gasteiger partial charge >= 0.3 is 12.0 Å². The second-order valence-corrected chi connectivity index (χ2v) is 6.61. The summed E-state index contributed by atoms with van der Waals surface area (Å²) >= 11 is 0. The van der Waals surface area contributed by atoms with Gasteiger partial charge in [0.15, 0.2) is 0 Å². The van der Waals surface area contributed by atoms with Crippen LogP contribution in [-0.2, 0) is 4.79 Å². The number of amides is 2. The first-order valence-corrected chi connectivity index (χ1v) is 7.64. The summed E-state index contributed by atoms with van der Waals surface area (Å²) in [7, 11) is 0. The van der Waals surface area contributed by atoms with Crippen LogP contribution in [0.5, 0.6) is 0 Å². The topological polar surface area (TPSA) is 105 Å². The van der Waals surface area contributed by atoms with E-state index >= 15 is 0 Å². The fourth-order valence-electron chi connectivity index (χ4n) is 2.51. The molecule has 124 valence electrons. The molecule has 0 bridgehead atoms. The number of nitrogens with one attached hydrogen (secondary N) is 2. The van der Waals surface area contributed by atoms with Gasteiger partial charge in [0.25, 0.3) is 0 Å². The number of carboxylic acid groups (broad SMARTS) is 1. The Bertz CT molecular complexity index is 439. The number of carbonyl (C=O) groups is 2. The van der Waals surface area contributed by atoms with Gasteiger partial charge in [0.1, 0.15) is 0 Å². The summed E-state index contributed by atoms with van der Waals surface area (Å²) in [6, 6.07) is 2.20. The molecule has 1 saturated carbocycles. The zero-order valence-electron chi connectivity index (χ0n) is 13.6. The second-order valence-electron chi connectivity index (χ2n) is 6.61. The van der Waals surface area contributed by atoms with Crippen LogP contribution in [0.3, 0.4) is 0 Å². The molecular formula is C15H26N4O3. The zero-order valence-corrected chi connectivity index (χ0v) is 13.6. The van der Waals surface area contributed by atoms with E-state index in [0.29, 0.717) is 19.5 Å². The molecule has 0 spiro atoms. The average molecular weight is 310 g/mol. The van der Waals surface area contributed by atoms with E-state index < -0.39 is 5.97 Å². The van der Waals surface area contributed by atoms with Crippen molar-refractivity contribution in [2.24, 2.45) is 5.41 Å². The maximum atomic E-state index is 11.8. The molecule has 0 saturated heterocycles. The molecule has 7 nitrogen and oxygen atoms in total. The fourth-order valence-corrected chi connectivity index (χ4v) is 2.51. The van der Waals surface area contributed by atoms with Crippen molar-refractivity contribution in [3.8, 4) is 6.07 Å². The fraction of sp³-hybridized carbons (Fsp3) is 0.800. The van der Waals surface area contributed by atoms with Gasteiger partial charge in [-0.3, -0.25) is 9.69 Å². The Hall–Kier alpha value is -1.81. The summed E-state index contributed by atoms with van der Waals surface area (Å²) in [4.78, 5) is 24.5. The van der Waals surface area contributed by atoms with Gasteiger partial charge in [-0.05, 0) is 24.8 Å². The number of carboxylic acids is 1. The molecule has 0 aliphatic heterocycles. The van der Waals surface area contributed by atoms with Crippen LogP contribution in [0.25, 0.3) is 0 Å². The van der Waals surface area contributed by atoms with E-state index in [-0.39, 0.29) is 30.1 Å². The predicted octanol–water partition coefficient (Wildman–Crippen LogP) is 1.16. The number of rotatable bonds is 8. The van der Waals surface area contributed by atoms with E-state index in [1.165, 1.54) is 0 Å². The minimum atomic E-state index is -0.823. The van der Waals surface area contributed by atoms with Crippen molar-refractivity contribution in [2.75, 3.05) is 19.6 Å². The van der Waals surface area contributed by atoms with Crippen LogP contribution >= 0.6 is 0 Å². The lowest BCUT2D eigenvalue weighted by Gasteiger charge is -2.42. The summed E-state index contributed by atoms with van der Waals surface area (Å²) < 4.78 is 0. The quantitative estimate of drug-likeness (QED) is 0.624. The minimum absolute atomic E-state index is 0.0441. The molecular weight excluding hydrogens is 284 g/mol. The standard InChI is InChI=1S/C15H26N4O3/c1-4-19(9-13(20)21)12-7-11(8-12)18-14(22)17-10-15(2,3)5-6-16/h11-12H,4-5,7-10H2,1-3H3,(H,20,21)(H2,17,18,22). The van der Waals surface area contributed by atoms with Gasteiger partial charge in [0.05, 0.1) is 12.6 Å². The molecule has 0 aromatic rings. The van der Waals surface area contributed by atoms with E-state index in [4.69, 9.17) is 10.4 Å². The van der Waals surface area contributed by atoms with Gasteiger partial charge in [-0.25, -0.2) is 4.79 Å². The number of nitrogens with zero attached hydrogens (tertiary/aromatic N) is 2. The molecule has 0 aromatic heterocycles. The Morgan fingerprint density at radius 2 is 2.05 bits per heavy atom. The Kier molecular flexibility index (Phi) is 6.62. The van der Waals surface area contributed by atoms with E-state index in [2.05, 4.69) is 16.7 Å². The van der Waals surface area contributed by atoms with E-state index in [9.17, 15) is 9.59 Å². The highest BCUT2D eigenvalue weighted by molar-refractivity contribution is 5.74. The Morgan fingerprint density at radius 3 is 2.55 bits per heavy atom. The highest BCUT2D eigenvalue weighted by Crippen LogP contribution is 2.25. The smallest absolute Gasteiger partial charge is 0.317 e. The largest absolute Gasteiger partial charge is 0.480 e. The Labute approximate surface area is 131 Å². The molecule has 3 N–H and O–H groups in total. The van der Waals surface area contributed by atoms with Gasteiger partial charge in [0, 0.05) is 25.0 Å². The van der Waals surface area contributed by atoms with Crippen molar-refractivity contribution < 1.29 is 14.7 Å². The molecule has 0 radical (unpaired) electrons. The average Bonchev–Trinajstić information content (AvgIpc) is 2.37. The highest BCUT2D eigenvalue weighted by Gasteiger charge is 2.34. The SMILES string of the molecule is CCN(CC(=O)O)C1CC(NC(=O)NCC(C)(C)CC#N)C1. The van der Waals surface area contributed by atoms with Gasteiger partial charge < -0.3 is 15.7 Å². The van der Waals surface area contributed by atoms with Crippen molar-refractivity contribution in [2.45, 2.75) is 52.1 Å². The number of urea groups is 1. The zero-order chi connectivity index (χ0) is 16.8. The molecule has 0 aromatic carbocycles. The Morgan fingerprint density at radius 1 is 1.41 bits per heavy atom. The monoisotopic (exact) mass is 310 g/mol. The molecule has 2 amide bonds. The molecule has 22 heavy (non-hydrogen) atoms. The number of hydrogen-bond acceptors (Lipinski definition) is 4. The summed E-state index contributed by atoms with van der Waals surface area (Å²) in [5, 5.41) is 23.2. The first kappa shape index (κ1) is 18.2. The molecule has 1 fully saturated rings. The number of nitriles is 1. The van der Waals surface area contributed by atoms with E-state index in [1.807, 2.05) is 25.7 Å². The molecule has 0 heterocycles. The third-order valence-corrected chi connectivity index (χ3v) is 3.99. The van der Waals surface area contributed by atoms with Crippen LogP contribution in [0.2, 0.25) is 0 Å². The lowest BCUT2D eigenvalue weighted by atomic mass is 9.85. The predicted molar refractivity (Wildman–Crippen MR) is 82.2 cm³/mol.